The van der Waals surface area contributed by atoms with E-state index in [0.717, 1.165) is 0 Å². The minimum absolute atomic E-state index is 0.0170. The number of non-ortho nitro benzene ring substituents is 1. The Morgan fingerprint density at radius 1 is 1.24 bits per heavy atom. The highest BCUT2D eigenvalue weighted by atomic mass is 35.5. The van der Waals surface area contributed by atoms with Crippen molar-refractivity contribution >= 4 is 52.4 Å². The SMILES string of the molecule is O=C(CSc1ccc([N+](=O)[O-])cc1)Nc1cccc(Cl)c1SC(F)F. The van der Waals surface area contributed by atoms with Gasteiger partial charge in [0.1, 0.15) is 0 Å². The molecule has 0 aromatic heterocycles. The fourth-order valence-corrected chi connectivity index (χ4v) is 3.43. The Kier molecular flexibility index (Phi) is 7.03. The van der Waals surface area contributed by atoms with E-state index in [1.54, 1.807) is 6.07 Å². The Morgan fingerprint density at radius 2 is 1.92 bits per heavy atom. The predicted octanol–water partition coefficient (Wildman–Crippen LogP) is 5.29. The van der Waals surface area contributed by atoms with Crippen LogP contribution in [0.1, 0.15) is 0 Å². The summed E-state index contributed by atoms with van der Waals surface area (Å²) in [5.41, 5.74) is 0.175. The van der Waals surface area contributed by atoms with Crippen molar-refractivity contribution in [3.05, 3.63) is 57.6 Å². The maximum absolute atomic E-state index is 12.6. The van der Waals surface area contributed by atoms with Crippen LogP contribution in [-0.2, 0) is 4.79 Å². The number of nitrogens with one attached hydrogen (secondary N) is 1. The third-order valence-corrected chi connectivity index (χ3v) is 5.16. The molecule has 0 fully saturated rings. The molecule has 0 atom stereocenters. The molecule has 25 heavy (non-hydrogen) atoms. The van der Waals surface area contributed by atoms with E-state index in [9.17, 15) is 23.7 Å². The molecule has 0 unspecified atom stereocenters. The Bertz CT molecular complexity index is 776. The number of amides is 1. The van der Waals surface area contributed by atoms with Crippen molar-refractivity contribution in [3.8, 4) is 0 Å². The molecule has 0 aliphatic rings. The number of halogens is 3. The highest BCUT2D eigenvalue weighted by molar-refractivity contribution is 8.00. The van der Waals surface area contributed by atoms with E-state index >= 15 is 0 Å². The second-order valence-electron chi connectivity index (χ2n) is 4.58. The van der Waals surface area contributed by atoms with Gasteiger partial charge in [-0.15, -0.1) is 11.8 Å². The summed E-state index contributed by atoms with van der Waals surface area (Å²) < 4.78 is 25.2. The largest absolute Gasteiger partial charge is 0.324 e. The maximum atomic E-state index is 12.6. The van der Waals surface area contributed by atoms with Gasteiger partial charge in [-0.1, -0.05) is 29.4 Å². The van der Waals surface area contributed by atoms with Gasteiger partial charge in [0.25, 0.3) is 11.4 Å². The lowest BCUT2D eigenvalue weighted by atomic mass is 10.3. The van der Waals surface area contributed by atoms with Crippen molar-refractivity contribution in [2.75, 3.05) is 11.1 Å². The van der Waals surface area contributed by atoms with Crippen LogP contribution in [-0.4, -0.2) is 22.3 Å². The van der Waals surface area contributed by atoms with Crippen LogP contribution in [0.3, 0.4) is 0 Å². The van der Waals surface area contributed by atoms with Gasteiger partial charge >= 0.3 is 0 Å². The molecule has 5 nitrogen and oxygen atoms in total. The number of anilines is 1. The van der Waals surface area contributed by atoms with Crippen LogP contribution in [0.15, 0.2) is 52.3 Å². The second-order valence-corrected chi connectivity index (χ2v) is 7.04. The first-order valence-corrected chi connectivity index (χ1v) is 9.01. The number of thioether (sulfide) groups is 2. The third kappa shape index (κ3) is 5.87. The topological polar surface area (TPSA) is 72.2 Å². The monoisotopic (exact) mass is 404 g/mol. The molecule has 0 saturated heterocycles. The molecule has 10 heteroatoms. The summed E-state index contributed by atoms with van der Waals surface area (Å²) >= 11 is 7.34. The highest BCUT2D eigenvalue weighted by Crippen LogP contribution is 2.37. The Morgan fingerprint density at radius 3 is 2.52 bits per heavy atom. The molecule has 0 aliphatic heterocycles. The fourth-order valence-electron chi connectivity index (χ4n) is 1.82. The smallest absolute Gasteiger partial charge is 0.289 e. The summed E-state index contributed by atoms with van der Waals surface area (Å²) in [5, 5.41) is 13.3. The van der Waals surface area contributed by atoms with Crippen molar-refractivity contribution in [2.24, 2.45) is 0 Å². The van der Waals surface area contributed by atoms with E-state index in [1.165, 1.54) is 48.2 Å². The summed E-state index contributed by atoms with van der Waals surface area (Å²) in [7, 11) is 0. The van der Waals surface area contributed by atoms with Crippen LogP contribution < -0.4 is 5.32 Å². The number of alkyl halides is 2. The molecule has 2 rings (SSSR count). The van der Waals surface area contributed by atoms with Crippen LogP contribution in [0.4, 0.5) is 20.2 Å². The number of hydrogen-bond donors (Lipinski definition) is 1. The van der Waals surface area contributed by atoms with E-state index in [2.05, 4.69) is 5.32 Å². The minimum atomic E-state index is -2.66. The lowest BCUT2D eigenvalue weighted by molar-refractivity contribution is -0.384. The highest BCUT2D eigenvalue weighted by Gasteiger charge is 2.15. The zero-order valence-electron chi connectivity index (χ0n) is 12.4. The number of benzene rings is 2. The van der Waals surface area contributed by atoms with Crippen molar-refractivity contribution < 1.29 is 18.5 Å². The summed E-state index contributed by atoms with van der Waals surface area (Å²) in [6.45, 7) is 0. The van der Waals surface area contributed by atoms with Crippen LogP contribution in [0, 0.1) is 10.1 Å². The lowest BCUT2D eigenvalue weighted by Crippen LogP contribution is -2.14. The Labute approximate surface area is 155 Å². The molecule has 2 aromatic carbocycles. The lowest BCUT2D eigenvalue weighted by Gasteiger charge is -2.12. The number of nitro benzene ring substituents is 1. The molecular weight excluding hydrogens is 394 g/mol. The van der Waals surface area contributed by atoms with Gasteiger partial charge in [0.05, 0.1) is 26.3 Å². The van der Waals surface area contributed by atoms with Gasteiger partial charge in [-0.3, -0.25) is 14.9 Å². The molecule has 0 heterocycles. The average Bonchev–Trinajstić information content (AvgIpc) is 2.56. The normalized spacial score (nSPS) is 10.7. The average molecular weight is 405 g/mol. The van der Waals surface area contributed by atoms with Gasteiger partial charge in [-0.05, 0) is 24.3 Å². The summed E-state index contributed by atoms with van der Waals surface area (Å²) in [6.07, 6.45) is 0. The number of hydrogen-bond acceptors (Lipinski definition) is 5. The number of carbonyl (C=O) groups excluding carboxylic acids is 1. The van der Waals surface area contributed by atoms with Gasteiger partial charge in [-0.2, -0.15) is 8.78 Å². The first kappa shape index (κ1) is 19.5. The van der Waals surface area contributed by atoms with Crippen LogP contribution >= 0.6 is 35.1 Å². The van der Waals surface area contributed by atoms with Gasteiger partial charge in [0.2, 0.25) is 5.91 Å². The summed E-state index contributed by atoms with van der Waals surface area (Å²) in [6, 6.07) is 10.3. The second kappa shape index (κ2) is 9.02. The molecule has 0 bridgehead atoms. The fraction of sp³-hybridized carbons (Fsp3) is 0.133. The van der Waals surface area contributed by atoms with Crippen molar-refractivity contribution in [1.82, 2.24) is 0 Å². The maximum Gasteiger partial charge on any atom is 0.289 e. The van der Waals surface area contributed by atoms with E-state index in [-0.39, 0.29) is 38.8 Å². The molecule has 0 saturated carbocycles. The summed E-state index contributed by atoms with van der Waals surface area (Å²) in [5.74, 6) is -3.05. The van der Waals surface area contributed by atoms with Gasteiger partial charge in [-0.25, -0.2) is 0 Å². The minimum Gasteiger partial charge on any atom is -0.324 e. The van der Waals surface area contributed by atoms with E-state index in [0.29, 0.717) is 4.90 Å². The molecule has 2 aromatic rings. The van der Waals surface area contributed by atoms with Crippen LogP contribution in [0.5, 0.6) is 0 Å². The van der Waals surface area contributed by atoms with Crippen LogP contribution in [0.2, 0.25) is 5.02 Å². The molecule has 0 aliphatic carbocycles. The number of rotatable bonds is 7. The van der Waals surface area contributed by atoms with E-state index < -0.39 is 16.6 Å². The van der Waals surface area contributed by atoms with Gasteiger partial charge in [0.15, 0.2) is 0 Å². The van der Waals surface area contributed by atoms with E-state index in [1.807, 2.05) is 0 Å². The first-order chi connectivity index (χ1) is 11.9. The Balaban J connectivity index is 1.98. The third-order valence-electron chi connectivity index (χ3n) is 2.87. The van der Waals surface area contributed by atoms with E-state index in [4.69, 9.17) is 11.6 Å². The summed E-state index contributed by atoms with van der Waals surface area (Å²) in [4.78, 5) is 22.9. The zero-order chi connectivity index (χ0) is 18.4. The Hall–Kier alpha value is -1.84. The van der Waals surface area contributed by atoms with Gasteiger partial charge in [0, 0.05) is 17.0 Å². The van der Waals surface area contributed by atoms with Crippen molar-refractivity contribution in [2.45, 2.75) is 15.5 Å². The molecule has 0 radical (unpaired) electrons. The van der Waals surface area contributed by atoms with Crippen molar-refractivity contribution in [3.63, 3.8) is 0 Å². The number of nitrogens with zero attached hydrogens (tertiary/aromatic N) is 1. The molecule has 132 valence electrons. The van der Waals surface area contributed by atoms with Gasteiger partial charge < -0.3 is 5.32 Å². The van der Waals surface area contributed by atoms with Crippen LogP contribution in [0.25, 0.3) is 0 Å². The number of nitro groups is 1. The zero-order valence-corrected chi connectivity index (χ0v) is 14.8. The van der Waals surface area contributed by atoms with Crippen molar-refractivity contribution in [1.29, 1.82) is 0 Å². The standard InChI is InChI=1S/C15H11ClF2N2O3S2/c16-11-2-1-3-12(14(11)25-15(17)18)19-13(21)8-24-10-6-4-9(5-7-10)20(22)23/h1-7,15H,8H2,(H,19,21). The molecule has 1 amide bonds. The quantitative estimate of drug-likeness (QED) is 0.385. The first-order valence-electron chi connectivity index (χ1n) is 6.77. The molecular formula is C15H11ClF2N2O3S2. The molecule has 1 N–H and O–H groups in total. The predicted molar refractivity (Wildman–Crippen MR) is 95.8 cm³/mol. The molecule has 0 spiro atoms. The number of carbonyl (C=O) groups is 1.